The molecule has 18 heavy (non-hydrogen) atoms. The molecular formula is C15H20N2S. The summed E-state index contributed by atoms with van der Waals surface area (Å²) in [6.07, 6.45) is 4.90. The number of pyridine rings is 1. The fourth-order valence-corrected chi connectivity index (χ4v) is 2.86. The molecule has 0 aliphatic carbocycles. The topological polar surface area (TPSA) is 24.9 Å². The molecule has 3 heteroatoms. The van der Waals surface area contributed by atoms with Crippen LogP contribution in [0.15, 0.2) is 30.6 Å². The first kappa shape index (κ1) is 13.2. The number of hydrogen-bond donors (Lipinski definition) is 1. The lowest BCUT2D eigenvalue weighted by molar-refractivity contribution is 0.581. The highest BCUT2D eigenvalue weighted by Crippen LogP contribution is 2.23. The Kier molecular flexibility index (Phi) is 4.50. The van der Waals surface area contributed by atoms with Crippen molar-refractivity contribution in [3.63, 3.8) is 0 Å². The van der Waals surface area contributed by atoms with Crippen molar-refractivity contribution in [2.45, 2.75) is 39.8 Å². The van der Waals surface area contributed by atoms with Crippen molar-refractivity contribution in [2.24, 2.45) is 0 Å². The van der Waals surface area contributed by atoms with Crippen LogP contribution in [0.3, 0.4) is 0 Å². The number of rotatable bonds is 5. The second-order valence-corrected chi connectivity index (χ2v) is 5.76. The normalized spacial score (nSPS) is 12.6. The fourth-order valence-electron chi connectivity index (χ4n) is 1.88. The van der Waals surface area contributed by atoms with Gasteiger partial charge in [-0.3, -0.25) is 4.98 Å². The second kappa shape index (κ2) is 6.12. The maximum atomic E-state index is 4.12. The van der Waals surface area contributed by atoms with Crippen molar-refractivity contribution in [2.75, 3.05) is 0 Å². The Morgan fingerprint density at radius 1 is 1.33 bits per heavy atom. The van der Waals surface area contributed by atoms with Crippen LogP contribution >= 0.6 is 11.3 Å². The van der Waals surface area contributed by atoms with Gasteiger partial charge < -0.3 is 5.32 Å². The predicted octanol–water partition coefficient (Wildman–Crippen LogP) is 3.86. The molecule has 96 valence electrons. The monoisotopic (exact) mass is 260 g/mol. The molecule has 2 heterocycles. The number of nitrogens with zero attached hydrogens (tertiary/aromatic N) is 1. The zero-order valence-electron chi connectivity index (χ0n) is 11.2. The molecule has 2 aromatic heterocycles. The van der Waals surface area contributed by atoms with Gasteiger partial charge in [0.2, 0.25) is 0 Å². The second-order valence-electron chi connectivity index (χ2n) is 4.56. The van der Waals surface area contributed by atoms with Crippen molar-refractivity contribution in [3.8, 4) is 0 Å². The Balaban J connectivity index is 1.96. The summed E-state index contributed by atoms with van der Waals surface area (Å²) in [6.45, 7) is 7.43. The minimum atomic E-state index is 0.405. The van der Waals surface area contributed by atoms with Gasteiger partial charge in [0.15, 0.2) is 0 Å². The molecule has 0 bridgehead atoms. The lowest BCUT2D eigenvalue weighted by Crippen LogP contribution is -2.17. The van der Waals surface area contributed by atoms with E-state index in [1.165, 1.54) is 20.9 Å². The maximum Gasteiger partial charge on any atom is 0.0388 e. The Morgan fingerprint density at radius 2 is 2.17 bits per heavy atom. The molecule has 2 rings (SSSR count). The van der Waals surface area contributed by atoms with E-state index in [-0.39, 0.29) is 0 Å². The largest absolute Gasteiger partial charge is 0.305 e. The molecule has 0 saturated heterocycles. The average molecular weight is 260 g/mol. The van der Waals surface area contributed by atoms with Gasteiger partial charge in [-0.05, 0) is 49.6 Å². The summed E-state index contributed by atoms with van der Waals surface area (Å²) < 4.78 is 0. The fraction of sp³-hybridized carbons (Fsp3) is 0.400. The van der Waals surface area contributed by atoms with Gasteiger partial charge in [0, 0.05) is 34.7 Å². The van der Waals surface area contributed by atoms with Crippen LogP contribution in [-0.4, -0.2) is 4.98 Å². The first-order chi connectivity index (χ1) is 8.70. The summed E-state index contributed by atoms with van der Waals surface area (Å²) >= 11 is 1.91. The van der Waals surface area contributed by atoms with Gasteiger partial charge in [0.05, 0.1) is 0 Å². The smallest absolute Gasteiger partial charge is 0.0388 e. The lowest BCUT2D eigenvalue weighted by atomic mass is 10.1. The van der Waals surface area contributed by atoms with E-state index in [0.717, 1.165) is 13.0 Å². The zero-order valence-corrected chi connectivity index (χ0v) is 12.1. The SMILES string of the molecule is CCc1ccc(C(C)NCc2ccncc2C)s1. The van der Waals surface area contributed by atoms with Crippen molar-refractivity contribution >= 4 is 11.3 Å². The quantitative estimate of drug-likeness (QED) is 0.883. The van der Waals surface area contributed by atoms with E-state index in [1.54, 1.807) is 0 Å². The van der Waals surface area contributed by atoms with Gasteiger partial charge in [-0.25, -0.2) is 0 Å². The van der Waals surface area contributed by atoms with Crippen LogP contribution in [0.4, 0.5) is 0 Å². The molecule has 0 aliphatic heterocycles. The molecular weight excluding hydrogens is 240 g/mol. The summed E-state index contributed by atoms with van der Waals surface area (Å²) in [4.78, 5) is 6.99. The Bertz CT molecular complexity index is 505. The average Bonchev–Trinajstić information content (AvgIpc) is 2.86. The van der Waals surface area contributed by atoms with Gasteiger partial charge in [0.1, 0.15) is 0 Å². The van der Waals surface area contributed by atoms with Crippen molar-refractivity contribution < 1.29 is 0 Å². The van der Waals surface area contributed by atoms with Crippen LogP contribution in [0.1, 0.15) is 40.8 Å². The molecule has 2 nitrogen and oxygen atoms in total. The van der Waals surface area contributed by atoms with Crippen LogP contribution in [0.25, 0.3) is 0 Å². The Labute approximate surface area is 113 Å². The highest BCUT2D eigenvalue weighted by molar-refractivity contribution is 7.12. The minimum absolute atomic E-state index is 0.405. The van der Waals surface area contributed by atoms with E-state index in [9.17, 15) is 0 Å². The van der Waals surface area contributed by atoms with Crippen LogP contribution in [0.5, 0.6) is 0 Å². The van der Waals surface area contributed by atoms with E-state index in [4.69, 9.17) is 0 Å². The van der Waals surface area contributed by atoms with Crippen molar-refractivity contribution in [1.82, 2.24) is 10.3 Å². The Morgan fingerprint density at radius 3 is 2.83 bits per heavy atom. The van der Waals surface area contributed by atoms with Gasteiger partial charge in [-0.15, -0.1) is 11.3 Å². The number of aromatic nitrogens is 1. The maximum absolute atomic E-state index is 4.12. The molecule has 1 unspecified atom stereocenters. The standard InChI is InChI=1S/C15H20N2S/c1-4-14-5-6-15(18-14)12(3)17-10-13-7-8-16-9-11(13)2/h5-9,12,17H,4,10H2,1-3H3. The van der Waals surface area contributed by atoms with Crippen LogP contribution in [0.2, 0.25) is 0 Å². The van der Waals surface area contributed by atoms with Crippen LogP contribution < -0.4 is 5.32 Å². The zero-order chi connectivity index (χ0) is 13.0. The Hall–Kier alpha value is -1.19. The third-order valence-electron chi connectivity index (χ3n) is 3.19. The molecule has 0 saturated carbocycles. The third kappa shape index (κ3) is 3.18. The highest BCUT2D eigenvalue weighted by atomic mass is 32.1. The minimum Gasteiger partial charge on any atom is -0.305 e. The summed E-state index contributed by atoms with van der Waals surface area (Å²) in [5.41, 5.74) is 2.57. The van der Waals surface area contributed by atoms with Gasteiger partial charge >= 0.3 is 0 Å². The van der Waals surface area contributed by atoms with Crippen molar-refractivity contribution in [3.05, 3.63) is 51.5 Å². The van der Waals surface area contributed by atoms with E-state index in [2.05, 4.69) is 49.3 Å². The van der Waals surface area contributed by atoms with Crippen LogP contribution in [0, 0.1) is 6.92 Å². The molecule has 0 aromatic carbocycles. The van der Waals surface area contributed by atoms with E-state index in [1.807, 2.05) is 23.7 Å². The van der Waals surface area contributed by atoms with Gasteiger partial charge in [0.25, 0.3) is 0 Å². The van der Waals surface area contributed by atoms with E-state index >= 15 is 0 Å². The lowest BCUT2D eigenvalue weighted by Gasteiger charge is -2.13. The van der Waals surface area contributed by atoms with Crippen molar-refractivity contribution in [1.29, 1.82) is 0 Å². The third-order valence-corrected chi connectivity index (χ3v) is 4.61. The summed E-state index contributed by atoms with van der Waals surface area (Å²) in [6, 6.07) is 6.96. The van der Waals surface area contributed by atoms with Crippen LogP contribution in [-0.2, 0) is 13.0 Å². The first-order valence-electron chi connectivity index (χ1n) is 6.42. The first-order valence-corrected chi connectivity index (χ1v) is 7.23. The molecule has 0 spiro atoms. The molecule has 0 amide bonds. The molecule has 1 N–H and O–H groups in total. The molecule has 2 aromatic rings. The molecule has 1 atom stereocenters. The summed E-state index contributed by atoms with van der Waals surface area (Å²) in [5, 5.41) is 3.58. The van der Waals surface area contributed by atoms with Gasteiger partial charge in [-0.1, -0.05) is 6.92 Å². The summed E-state index contributed by atoms with van der Waals surface area (Å²) in [7, 11) is 0. The summed E-state index contributed by atoms with van der Waals surface area (Å²) in [5.74, 6) is 0. The van der Waals surface area contributed by atoms with Gasteiger partial charge in [-0.2, -0.15) is 0 Å². The highest BCUT2D eigenvalue weighted by Gasteiger charge is 2.08. The molecule has 0 radical (unpaired) electrons. The number of nitrogens with one attached hydrogen (secondary N) is 1. The van der Waals surface area contributed by atoms with E-state index < -0.39 is 0 Å². The molecule has 0 fully saturated rings. The number of thiophene rings is 1. The number of hydrogen-bond acceptors (Lipinski definition) is 3. The number of aryl methyl sites for hydroxylation is 2. The molecule has 0 aliphatic rings. The predicted molar refractivity (Wildman–Crippen MR) is 77.9 cm³/mol. The van der Waals surface area contributed by atoms with E-state index in [0.29, 0.717) is 6.04 Å².